The molecule has 1 fully saturated rings. The summed E-state index contributed by atoms with van der Waals surface area (Å²) >= 11 is 0. The summed E-state index contributed by atoms with van der Waals surface area (Å²) in [5.41, 5.74) is 0. The molecule has 0 bridgehead atoms. The Morgan fingerprint density at radius 2 is 2.15 bits per heavy atom. The van der Waals surface area contributed by atoms with Crippen LogP contribution in [0.5, 0.6) is 0 Å². The average Bonchev–Trinajstić information content (AvgIpc) is 2.03. The van der Waals surface area contributed by atoms with Crippen molar-refractivity contribution in [2.24, 2.45) is 0 Å². The normalized spacial score (nSPS) is 25.8. The summed E-state index contributed by atoms with van der Waals surface area (Å²) in [5.74, 6) is 0. The third-order valence-corrected chi connectivity index (χ3v) is 2.51. The third kappa shape index (κ3) is 3.25. The van der Waals surface area contributed by atoms with Crippen LogP contribution >= 0.6 is 0 Å². The van der Waals surface area contributed by atoms with Gasteiger partial charge in [-0.25, -0.2) is 0 Å². The van der Waals surface area contributed by atoms with E-state index in [9.17, 15) is 0 Å². The minimum absolute atomic E-state index is 0.573. The molecule has 78 valence electrons. The fraction of sp³-hybridized carbons (Fsp3) is 1.00. The van der Waals surface area contributed by atoms with E-state index >= 15 is 0 Å². The highest BCUT2D eigenvalue weighted by Gasteiger charge is 2.25. The summed E-state index contributed by atoms with van der Waals surface area (Å²) in [7, 11) is 4.24. The third-order valence-electron chi connectivity index (χ3n) is 2.51. The molecule has 1 atom stereocenters. The fourth-order valence-electron chi connectivity index (χ4n) is 1.93. The Kier molecular flexibility index (Phi) is 4.16. The average molecular weight is 186 g/mol. The van der Waals surface area contributed by atoms with E-state index in [1.807, 2.05) is 0 Å². The number of morpholine rings is 1. The quantitative estimate of drug-likeness (QED) is 0.644. The molecule has 13 heavy (non-hydrogen) atoms. The lowest BCUT2D eigenvalue weighted by atomic mass is 10.1. The molecular weight excluding hydrogens is 164 g/mol. The maximum atomic E-state index is 5.50. The van der Waals surface area contributed by atoms with E-state index in [1.165, 1.54) is 0 Å². The standard InChI is InChI=1S/C10H22N2O/c1-9(2)12-5-6-13-8-10(12)7-11(3)4/h9-10H,5-8H2,1-4H3/t10-/m1/s1. The Balaban J connectivity index is 2.46. The van der Waals surface area contributed by atoms with Crippen molar-refractivity contribution in [3.8, 4) is 0 Å². The summed E-state index contributed by atoms with van der Waals surface area (Å²) in [4.78, 5) is 4.76. The van der Waals surface area contributed by atoms with E-state index in [0.29, 0.717) is 12.1 Å². The van der Waals surface area contributed by atoms with Gasteiger partial charge in [-0.2, -0.15) is 0 Å². The van der Waals surface area contributed by atoms with Gasteiger partial charge in [0.15, 0.2) is 0 Å². The number of hydrogen-bond donors (Lipinski definition) is 0. The van der Waals surface area contributed by atoms with Crippen molar-refractivity contribution < 1.29 is 4.74 Å². The second-order valence-corrected chi connectivity index (χ2v) is 4.32. The molecule has 1 aliphatic rings. The Bertz CT molecular complexity index is 148. The molecule has 0 aliphatic carbocycles. The lowest BCUT2D eigenvalue weighted by Gasteiger charge is -2.39. The van der Waals surface area contributed by atoms with E-state index in [-0.39, 0.29) is 0 Å². The van der Waals surface area contributed by atoms with Gasteiger partial charge in [0.05, 0.1) is 13.2 Å². The smallest absolute Gasteiger partial charge is 0.0635 e. The SMILES string of the molecule is CC(C)N1CCOC[C@H]1CN(C)C. The van der Waals surface area contributed by atoms with Gasteiger partial charge in [0.2, 0.25) is 0 Å². The molecule has 0 unspecified atom stereocenters. The minimum atomic E-state index is 0.573. The van der Waals surface area contributed by atoms with Crippen LogP contribution in [-0.2, 0) is 4.74 Å². The van der Waals surface area contributed by atoms with Gasteiger partial charge < -0.3 is 9.64 Å². The number of nitrogens with zero attached hydrogens (tertiary/aromatic N) is 2. The first-order chi connectivity index (χ1) is 6.11. The number of ether oxygens (including phenoxy) is 1. The van der Waals surface area contributed by atoms with E-state index < -0.39 is 0 Å². The highest BCUT2D eigenvalue weighted by Crippen LogP contribution is 2.11. The van der Waals surface area contributed by atoms with Crippen molar-refractivity contribution in [3.63, 3.8) is 0 Å². The summed E-state index contributed by atoms with van der Waals surface area (Å²) in [6.07, 6.45) is 0. The van der Waals surface area contributed by atoms with Crippen LogP contribution in [0.4, 0.5) is 0 Å². The molecule has 1 heterocycles. The number of likely N-dealkylation sites (N-methyl/N-ethyl adjacent to an activating group) is 1. The van der Waals surface area contributed by atoms with Crippen LogP contribution in [0.15, 0.2) is 0 Å². The first-order valence-corrected chi connectivity index (χ1v) is 5.09. The number of rotatable bonds is 3. The molecule has 3 nitrogen and oxygen atoms in total. The van der Waals surface area contributed by atoms with E-state index in [2.05, 4.69) is 37.7 Å². The van der Waals surface area contributed by atoms with Crippen molar-refractivity contribution in [1.82, 2.24) is 9.80 Å². The predicted molar refractivity (Wildman–Crippen MR) is 55.0 cm³/mol. The zero-order valence-corrected chi connectivity index (χ0v) is 9.29. The molecule has 1 aliphatic heterocycles. The van der Waals surface area contributed by atoms with Gasteiger partial charge in [0, 0.05) is 25.2 Å². The monoisotopic (exact) mass is 186 g/mol. The molecule has 0 radical (unpaired) electrons. The van der Waals surface area contributed by atoms with E-state index in [0.717, 1.165) is 26.3 Å². The Hall–Kier alpha value is -0.120. The summed E-state index contributed by atoms with van der Waals surface area (Å²) in [5, 5.41) is 0. The van der Waals surface area contributed by atoms with E-state index in [1.54, 1.807) is 0 Å². The van der Waals surface area contributed by atoms with Crippen LogP contribution in [0.25, 0.3) is 0 Å². The van der Waals surface area contributed by atoms with Gasteiger partial charge in [0.25, 0.3) is 0 Å². The molecule has 0 aromatic heterocycles. The molecule has 0 saturated carbocycles. The van der Waals surface area contributed by atoms with Crippen molar-refractivity contribution in [1.29, 1.82) is 0 Å². The Morgan fingerprint density at radius 3 is 2.69 bits per heavy atom. The first kappa shape index (κ1) is 11.0. The van der Waals surface area contributed by atoms with Crippen LogP contribution in [0.2, 0.25) is 0 Å². The van der Waals surface area contributed by atoms with Crippen molar-refractivity contribution >= 4 is 0 Å². The van der Waals surface area contributed by atoms with Gasteiger partial charge in [-0.3, -0.25) is 4.90 Å². The van der Waals surface area contributed by atoms with Gasteiger partial charge in [-0.15, -0.1) is 0 Å². The zero-order chi connectivity index (χ0) is 9.84. The molecule has 3 heteroatoms. The summed E-state index contributed by atoms with van der Waals surface area (Å²) < 4.78 is 5.50. The van der Waals surface area contributed by atoms with Crippen molar-refractivity contribution in [3.05, 3.63) is 0 Å². The highest BCUT2D eigenvalue weighted by atomic mass is 16.5. The van der Waals surface area contributed by atoms with E-state index in [4.69, 9.17) is 4.74 Å². The second kappa shape index (κ2) is 4.94. The zero-order valence-electron chi connectivity index (χ0n) is 9.29. The lowest BCUT2D eigenvalue weighted by Crippen LogP contribution is -2.52. The fourth-order valence-corrected chi connectivity index (χ4v) is 1.93. The molecule has 0 aromatic rings. The van der Waals surface area contributed by atoms with Gasteiger partial charge in [-0.1, -0.05) is 0 Å². The van der Waals surface area contributed by atoms with Gasteiger partial charge in [0.1, 0.15) is 0 Å². The largest absolute Gasteiger partial charge is 0.378 e. The maximum absolute atomic E-state index is 5.50. The molecule has 0 amide bonds. The molecule has 0 aromatic carbocycles. The Morgan fingerprint density at radius 1 is 1.46 bits per heavy atom. The lowest BCUT2D eigenvalue weighted by molar-refractivity contribution is -0.0295. The van der Waals surface area contributed by atoms with Gasteiger partial charge >= 0.3 is 0 Å². The van der Waals surface area contributed by atoms with Crippen LogP contribution in [0, 0.1) is 0 Å². The van der Waals surface area contributed by atoms with Crippen LogP contribution < -0.4 is 0 Å². The topological polar surface area (TPSA) is 15.7 Å². The Labute approximate surface area is 81.7 Å². The maximum Gasteiger partial charge on any atom is 0.0635 e. The molecule has 0 N–H and O–H groups in total. The predicted octanol–water partition coefficient (Wildman–Crippen LogP) is 0.657. The first-order valence-electron chi connectivity index (χ1n) is 5.09. The summed E-state index contributed by atoms with van der Waals surface area (Å²) in [6, 6.07) is 1.21. The molecule has 0 spiro atoms. The van der Waals surface area contributed by atoms with Gasteiger partial charge in [-0.05, 0) is 27.9 Å². The molecule has 1 saturated heterocycles. The van der Waals surface area contributed by atoms with Crippen LogP contribution in [-0.4, -0.2) is 62.3 Å². The van der Waals surface area contributed by atoms with Crippen molar-refractivity contribution in [2.75, 3.05) is 40.4 Å². The summed E-state index contributed by atoms with van der Waals surface area (Å²) in [6.45, 7) is 8.47. The van der Waals surface area contributed by atoms with Crippen molar-refractivity contribution in [2.45, 2.75) is 25.9 Å². The van der Waals surface area contributed by atoms with Crippen LogP contribution in [0.1, 0.15) is 13.8 Å². The molecule has 1 rings (SSSR count). The minimum Gasteiger partial charge on any atom is -0.378 e. The van der Waals surface area contributed by atoms with Crippen LogP contribution in [0.3, 0.4) is 0 Å². The number of hydrogen-bond acceptors (Lipinski definition) is 3. The molecular formula is C10H22N2O. The highest BCUT2D eigenvalue weighted by molar-refractivity contribution is 4.79. The second-order valence-electron chi connectivity index (χ2n) is 4.32.